The zero-order valence-electron chi connectivity index (χ0n) is 21.9. The summed E-state index contributed by atoms with van der Waals surface area (Å²) in [5.41, 5.74) is 2.95. The van der Waals surface area contributed by atoms with E-state index >= 15 is 0 Å². The third kappa shape index (κ3) is 6.14. The number of ether oxygens (including phenoxy) is 1. The van der Waals surface area contributed by atoms with Gasteiger partial charge in [0.05, 0.1) is 11.3 Å². The maximum Gasteiger partial charge on any atom is 0.235 e. The third-order valence-corrected chi connectivity index (χ3v) is 9.82. The van der Waals surface area contributed by atoms with Crippen LogP contribution in [0.2, 0.25) is 5.02 Å². The number of fused-ring (bicyclic) bond motifs is 1. The van der Waals surface area contributed by atoms with Crippen LogP contribution in [-0.2, 0) is 31.3 Å². The first-order valence-corrected chi connectivity index (χ1v) is 14.6. The number of benzene rings is 1. The quantitative estimate of drug-likeness (QED) is 0.299. The van der Waals surface area contributed by atoms with Crippen LogP contribution >= 0.6 is 34.7 Å². The predicted octanol–water partition coefficient (Wildman–Crippen LogP) is 6.56. The number of anilines is 1. The molecule has 37 heavy (non-hydrogen) atoms. The van der Waals surface area contributed by atoms with Crippen molar-refractivity contribution in [2.75, 3.05) is 11.1 Å². The first kappa shape index (κ1) is 27.5. The number of aryl methyl sites for hydroxylation is 1. The molecular formula is C27H32ClN5O2S2. The molecule has 1 atom stereocenters. The number of thiophene rings is 1. The summed E-state index contributed by atoms with van der Waals surface area (Å²) in [5, 5.41) is 23.2. The largest absolute Gasteiger partial charge is 0.485 e. The Morgan fingerprint density at radius 1 is 1.41 bits per heavy atom. The zero-order valence-corrected chi connectivity index (χ0v) is 24.2. The van der Waals surface area contributed by atoms with Crippen molar-refractivity contribution in [3.63, 3.8) is 0 Å². The van der Waals surface area contributed by atoms with Crippen LogP contribution in [0.25, 0.3) is 0 Å². The van der Waals surface area contributed by atoms with E-state index in [1.54, 1.807) is 17.4 Å². The molecule has 2 aromatic heterocycles. The first-order chi connectivity index (χ1) is 17.6. The lowest BCUT2D eigenvalue weighted by molar-refractivity contribution is -0.113. The lowest BCUT2D eigenvalue weighted by Crippen LogP contribution is -2.28. The van der Waals surface area contributed by atoms with Crippen LogP contribution in [-0.4, -0.2) is 26.4 Å². The number of aromatic nitrogens is 3. The first-order valence-electron chi connectivity index (χ1n) is 12.4. The summed E-state index contributed by atoms with van der Waals surface area (Å²) in [4.78, 5) is 14.0. The number of hydrogen-bond acceptors (Lipinski definition) is 7. The molecule has 1 amide bonds. The van der Waals surface area contributed by atoms with Gasteiger partial charge < -0.3 is 14.6 Å². The van der Waals surface area contributed by atoms with Gasteiger partial charge >= 0.3 is 0 Å². The normalized spacial score (nSPS) is 15.2. The number of thioether (sulfide) groups is 1. The Kier molecular flexibility index (Phi) is 8.52. The molecule has 0 aliphatic heterocycles. The van der Waals surface area contributed by atoms with Gasteiger partial charge in [-0.3, -0.25) is 4.79 Å². The van der Waals surface area contributed by atoms with Crippen LogP contribution in [0.3, 0.4) is 0 Å². The maximum atomic E-state index is 12.8. The van der Waals surface area contributed by atoms with E-state index in [0.29, 0.717) is 32.5 Å². The minimum Gasteiger partial charge on any atom is -0.485 e. The molecule has 0 saturated carbocycles. The number of amides is 1. The molecule has 1 aliphatic carbocycles. The highest BCUT2D eigenvalue weighted by Crippen LogP contribution is 2.45. The Morgan fingerprint density at radius 3 is 2.89 bits per heavy atom. The van der Waals surface area contributed by atoms with E-state index in [4.69, 9.17) is 16.3 Å². The lowest BCUT2D eigenvalue weighted by atomic mass is 9.69. The van der Waals surface area contributed by atoms with Crippen molar-refractivity contribution in [1.82, 2.24) is 14.8 Å². The fraction of sp³-hybridized carbons (Fsp3) is 0.481. The van der Waals surface area contributed by atoms with Crippen LogP contribution < -0.4 is 10.1 Å². The summed E-state index contributed by atoms with van der Waals surface area (Å²) in [5.74, 6) is 1.98. The molecule has 1 unspecified atom stereocenters. The van der Waals surface area contributed by atoms with Crippen molar-refractivity contribution in [3.05, 3.63) is 50.6 Å². The lowest BCUT2D eigenvalue weighted by Gasteiger charge is -2.36. The number of nitrogens with zero attached hydrogens (tertiary/aromatic N) is 4. The summed E-state index contributed by atoms with van der Waals surface area (Å²) >= 11 is 8.87. The maximum absolute atomic E-state index is 12.8. The monoisotopic (exact) mass is 557 g/mol. The number of hydrogen-bond donors (Lipinski definition) is 1. The highest BCUT2D eigenvalue weighted by molar-refractivity contribution is 7.99. The van der Waals surface area contributed by atoms with Crippen molar-refractivity contribution in [2.45, 2.75) is 65.1 Å². The average molecular weight is 558 g/mol. The summed E-state index contributed by atoms with van der Waals surface area (Å²) in [6, 6.07) is 7.80. The van der Waals surface area contributed by atoms with Crippen molar-refractivity contribution in [3.8, 4) is 11.8 Å². The number of carbonyl (C=O) groups is 1. The average Bonchev–Trinajstić information content (AvgIpc) is 3.40. The summed E-state index contributed by atoms with van der Waals surface area (Å²) in [7, 11) is 1.85. The van der Waals surface area contributed by atoms with Crippen molar-refractivity contribution in [2.24, 2.45) is 18.4 Å². The highest BCUT2D eigenvalue weighted by atomic mass is 35.5. The topological polar surface area (TPSA) is 92.8 Å². The van der Waals surface area contributed by atoms with E-state index in [0.717, 1.165) is 42.6 Å². The van der Waals surface area contributed by atoms with Gasteiger partial charge in [0.2, 0.25) is 5.91 Å². The second-order valence-corrected chi connectivity index (χ2v) is 12.6. The van der Waals surface area contributed by atoms with Gasteiger partial charge in [0, 0.05) is 16.9 Å². The second kappa shape index (κ2) is 11.5. The number of rotatable bonds is 9. The van der Waals surface area contributed by atoms with Gasteiger partial charge in [0.15, 0.2) is 11.0 Å². The molecule has 0 fully saturated rings. The van der Waals surface area contributed by atoms with Crippen LogP contribution in [0.15, 0.2) is 23.4 Å². The third-order valence-electron chi connectivity index (χ3n) is 7.40. The summed E-state index contributed by atoms with van der Waals surface area (Å²) in [6.07, 6.45) is 4.07. The van der Waals surface area contributed by atoms with Gasteiger partial charge in [0.1, 0.15) is 23.4 Å². The van der Waals surface area contributed by atoms with Gasteiger partial charge in [-0.2, -0.15) is 5.26 Å². The molecule has 0 bridgehead atoms. The van der Waals surface area contributed by atoms with E-state index in [2.05, 4.69) is 42.4 Å². The predicted molar refractivity (Wildman–Crippen MR) is 149 cm³/mol. The standard InChI is InChI=1S/C27H32ClN5O2S2/c1-6-27(3,4)17-7-9-19-20(13-29)25(37-22(19)12-17)30-24(34)15-36-26-32-31-23(33(26)5)14-35-21-10-8-18(28)11-16(21)2/h8,10-11,17H,6-7,9,12,14-15H2,1-5H3,(H,30,34). The van der Waals surface area contributed by atoms with Crippen LogP contribution in [0.4, 0.5) is 5.00 Å². The van der Waals surface area contributed by atoms with Gasteiger partial charge in [-0.15, -0.1) is 21.5 Å². The van der Waals surface area contributed by atoms with E-state index in [1.165, 1.54) is 16.6 Å². The van der Waals surface area contributed by atoms with Crippen molar-refractivity contribution >= 4 is 45.6 Å². The van der Waals surface area contributed by atoms with Crippen LogP contribution in [0, 0.1) is 29.6 Å². The number of nitriles is 1. The molecule has 1 N–H and O–H groups in total. The molecule has 0 spiro atoms. The summed E-state index contributed by atoms with van der Waals surface area (Å²) < 4.78 is 7.70. The SMILES string of the molecule is CCC(C)(C)C1CCc2c(sc(NC(=O)CSc3nnc(COc4ccc(Cl)cc4C)n3C)c2C#N)C1. The fourth-order valence-corrected chi connectivity index (χ4v) is 6.80. The van der Waals surface area contributed by atoms with Gasteiger partial charge in [-0.1, -0.05) is 50.6 Å². The number of nitrogens with one attached hydrogen (secondary N) is 1. The minimum atomic E-state index is -0.164. The molecule has 4 rings (SSSR count). The van der Waals surface area contributed by atoms with Gasteiger partial charge in [-0.25, -0.2) is 0 Å². The van der Waals surface area contributed by atoms with Crippen molar-refractivity contribution in [1.29, 1.82) is 5.26 Å². The second-order valence-electron chi connectivity index (χ2n) is 10.1. The Balaban J connectivity index is 1.36. The Hall–Kier alpha value is -2.54. The number of halogens is 1. The van der Waals surface area contributed by atoms with Crippen LogP contribution in [0.1, 0.15) is 61.0 Å². The van der Waals surface area contributed by atoms with Crippen molar-refractivity contribution < 1.29 is 9.53 Å². The Morgan fingerprint density at radius 2 is 2.19 bits per heavy atom. The smallest absolute Gasteiger partial charge is 0.235 e. The molecule has 0 radical (unpaired) electrons. The van der Waals surface area contributed by atoms with Gasteiger partial charge in [0.25, 0.3) is 0 Å². The molecule has 1 aliphatic rings. The van der Waals surface area contributed by atoms with E-state index in [-0.39, 0.29) is 23.7 Å². The van der Waals surface area contributed by atoms with E-state index in [1.807, 2.05) is 30.7 Å². The minimum absolute atomic E-state index is 0.164. The molecule has 1 aromatic carbocycles. The van der Waals surface area contributed by atoms with Gasteiger partial charge in [-0.05, 0) is 66.8 Å². The molecule has 3 aromatic rings. The molecule has 196 valence electrons. The number of carbonyl (C=O) groups excluding carboxylic acids is 1. The summed E-state index contributed by atoms with van der Waals surface area (Å²) in [6.45, 7) is 9.07. The zero-order chi connectivity index (χ0) is 26.7. The fourth-order valence-electron chi connectivity index (χ4n) is 4.55. The molecular weight excluding hydrogens is 526 g/mol. The molecule has 10 heteroatoms. The van der Waals surface area contributed by atoms with E-state index < -0.39 is 0 Å². The highest BCUT2D eigenvalue weighted by Gasteiger charge is 2.34. The Labute approximate surface area is 231 Å². The molecule has 2 heterocycles. The van der Waals surface area contributed by atoms with Crippen LogP contribution in [0.5, 0.6) is 5.75 Å². The molecule has 7 nitrogen and oxygen atoms in total. The Bertz CT molecular complexity index is 1340. The van der Waals surface area contributed by atoms with E-state index in [9.17, 15) is 10.1 Å². The molecule has 0 saturated heterocycles.